The number of hydrogen-bond acceptors (Lipinski definition) is 5. The number of rotatable bonds is 2. The van der Waals surface area contributed by atoms with Crippen molar-refractivity contribution in [3.63, 3.8) is 0 Å². The van der Waals surface area contributed by atoms with Crippen molar-refractivity contribution in [2.75, 3.05) is 4.90 Å². The van der Waals surface area contributed by atoms with Crippen LogP contribution in [-0.2, 0) is 9.59 Å². The van der Waals surface area contributed by atoms with E-state index in [2.05, 4.69) is 4.98 Å². The highest BCUT2D eigenvalue weighted by Crippen LogP contribution is 2.31. The second-order valence-electron chi connectivity index (χ2n) is 5.52. The molecule has 1 atom stereocenters. The summed E-state index contributed by atoms with van der Waals surface area (Å²) >= 11 is 0. The first kappa shape index (κ1) is 14.3. The number of fused-ring (bicyclic) bond motifs is 1. The van der Waals surface area contributed by atoms with E-state index in [1.807, 2.05) is 0 Å². The van der Waals surface area contributed by atoms with Crippen molar-refractivity contribution in [2.24, 2.45) is 0 Å². The van der Waals surface area contributed by atoms with E-state index in [1.165, 1.54) is 24.5 Å². The predicted molar refractivity (Wildman–Crippen MR) is 82.1 cm³/mol. The fourth-order valence-electron chi connectivity index (χ4n) is 3.07. The van der Waals surface area contributed by atoms with Gasteiger partial charge in [-0.05, 0) is 24.3 Å². The van der Waals surface area contributed by atoms with Crippen molar-refractivity contribution in [1.29, 1.82) is 0 Å². The second-order valence-corrected chi connectivity index (χ2v) is 5.52. The number of nitrogens with zero attached hydrogens (tertiary/aromatic N) is 3. The van der Waals surface area contributed by atoms with Gasteiger partial charge in [-0.15, -0.1) is 0 Å². The molecule has 0 radical (unpaired) electrons. The van der Waals surface area contributed by atoms with Crippen molar-refractivity contribution >= 4 is 29.3 Å². The molecule has 2 aliphatic rings. The number of benzene rings is 1. The van der Waals surface area contributed by atoms with Crippen LogP contribution in [0.4, 0.5) is 5.69 Å². The number of pyridine rings is 1. The Labute approximate surface area is 136 Å². The maximum Gasteiger partial charge on any atom is 0.262 e. The third kappa shape index (κ3) is 1.88. The molecule has 3 heterocycles. The Balaban J connectivity index is 1.70. The van der Waals surface area contributed by atoms with Gasteiger partial charge in [0.2, 0.25) is 5.91 Å². The number of amides is 4. The average molecular weight is 321 g/mol. The van der Waals surface area contributed by atoms with Crippen molar-refractivity contribution in [3.05, 3.63) is 59.9 Å². The molecule has 1 aromatic heterocycles. The lowest BCUT2D eigenvalue weighted by Gasteiger charge is -2.20. The predicted octanol–water partition coefficient (Wildman–Crippen LogP) is 1.01. The molecule has 0 N–H and O–H groups in total. The fourth-order valence-corrected chi connectivity index (χ4v) is 3.07. The molecule has 4 rings (SSSR count). The lowest BCUT2D eigenvalue weighted by molar-refractivity contribution is -0.122. The van der Waals surface area contributed by atoms with Crippen LogP contribution in [0.1, 0.15) is 27.1 Å². The van der Waals surface area contributed by atoms with Gasteiger partial charge >= 0.3 is 0 Å². The Morgan fingerprint density at radius 2 is 1.58 bits per heavy atom. The van der Waals surface area contributed by atoms with Gasteiger partial charge in [0.15, 0.2) is 0 Å². The van der Waals surface area contributed by atoms with Crippen LogP contribution in [0.15, 0.2) is 48.8 Å². The number of hydrogen-bond donors (Lipinski definition) is 0. The van der Waals surface area contributed by atoms with Gasteiger partial charge in [0, 0.05) is 6.20 Å². The quantitative estimate of drug-likeness (QED) is 0.770. The van der Waals surface area contributed by atoms with Crippen LogP contribution < -0.4 is 4.90 Å². The molecule has 0 aliphatic carbocycles. The van der Waals surface area contributed by atoms with Crippen LogP contribution >= 0.6 is 0 Å². The zero-order valence-corrected chi connectivity index (χ0v) is 12.4. The molecule has 1 saturated heterocycles. The summed E-state index contributed by atoms with van der Waals surface area (Å²) < 4.78 is 0. The highest BCUT2D eigenvalue weighted by molar-refractivity contribution is 6.28. The van der Waals surface area contributed by atoms with E-state index in [-0.39, 0.29) is 17.5 Å². The summed E-state index contributed by atoms with van der Waals surface area (Å²) in [5, 5.41) is 0. The molecular weight excluding hydrogens is 310 g/mol. The molecule has 2 aromatic rings. The molecule has 1 aromatic carbocycles. The average Bonchev–Trinajstić information content (AvgIpc) is 3.03. The third-order valence-electron chi connectivity index (χ3n) is 4.16. The van der Waals surface area contributed by atoms with Gasteiger partial charge in [-0.3, -0.25) is 29.1 Å². The number of imide groups is 2. The van der Waals surface area contributed by atoms with Gasteiger partial charge < -0.3 is 0 Å². The van der Waals surface area contributed by atoms with Crippen molar-refractivity contribution < 1.29 is 19.2 Å². The largest absolute Gasteiger partial charge is 0.274 e. The molecule has 7 heteroatoms. The van der Waals surface area contributed by atoms with E-state index in [0.717, 1.165) is 9.80 Å². The Morgan fingerprint density at radius 3 is 2.17 bits per heavy atom. The number of aromatic nitrogens is 1. The Morgan fingerprint density at radius 1 is 0.917 bits per heavy atom. The van der Waals surface area contributed by atoms with Crippen LogP contribution in [0.5, 0.6) is 0 Å². The zero-order valence-electron chi connectivity index (χ0n) is 12.4. The Hall–Kier alpha value is -3.35. The van der Waals surface area contributed by atoms with Crippen molar-refractivity contribution in [3.8, 4) is 0 Å². The summed E-state index contributed by atoms with van der Waals surface area (Å²) in [7, 11) is 0. The van der Waals surface area contributed by atoms with Gasteiger partial charge in [-0.1, -0.05) is 12.1 Å². The first-order chi connectivity index (χ1) is 11.6. The molecule has 0 saturated carbocycles. The van der Waals surface area contributed by atoms with Gasteiger partial charge in [0.05, 0.1) is 29.4 Å². The molecule has 1 unspecified atom stereocenters. The normalized spacial score (nSPS) is 20.1. The van der Waals surface area contributed by atoms with Crippen molar-refractivity contribution in [1.82, 2.24) is 9.88 Å². The molecule has 0 spiro atoms. The van der Waals surface area contributed by atoms with Crippen LogP contribution in [0.25, 0.3) is 0 Å². The first-order valence-corrected chi connectivity index (χ1v) is 7.33. The van der Waals surface area contributed by atoms with E-state index >= 15 is 0 Å². The van der Waals surface area contributed by atoms with E-state index in [1.54, 1.807) is 24.3 Å². The van der Waals surface area contributed by atoms with Crippen LogP contribution in [0.2, 0.25) is 0 Å². The summed E-state index contributed by atoms with van der Waals surface area (Å²) in [4.78, 5) is 55.7. The van der Waals surface area contributed by atoms with Gasteiger partial charge in [-0.25, -0.2) is 4.90 Å². The van der Waals surface area contributed by atoms with Gasteiger partial charge in [0.25, 0.3) is 17.7 Å². The van der Waals surface area contributed by atoms with Crippen LogP contribution in [0.3, 0.4) is 0 Å². The molecular formula is C17H11N3O4. The van der Waals surface area contributed by atoms with Gasteiger partial charge in [-0.2, -0.15) is 0 Å². The molecule has 1 fully saturated rings. The maximum absolute atomic E-state index is 12.7. The maximum atomic E-state index is 12.7. The highest BCUT2D eigenvalue weighted by atomic mass is 16.2. The second kappa shape index (κ2) is 5.09. The molecule has 0 bridgehead atoms. The highest BCUT2D eigenvalue weighted by Gasteiger charge is 2.50. The first-order valence-electron chi connectivity index (χ1n) is 7.33. The zero-order chi connectivity index (χ0) is 16.8. The lowest BCUT2D eigenvalue weighted by Crippen LogP contribution is -2.45. The molecule has 7 nitrogen and oxygen atoms in total. The Kier molecular flexibility index (Phi) is 3.02. The molecule has 2 aliphatic heterocycles. The summed E-state index contributed by atoms with van der Waals surface area (Å²) in [6, 6.07) is 8.43. The summed E-state index contributed by atoms with van der Waals surface area (Å²) in [6.45, 7) is 0. The van der Waals surface area contributed by atoms with Crippen molar-refractivity contribution in [2.45, 2.75) is 12.5 Å². The number of carbonyl (C=O) groups is 4. The number of anilines is 1. The van der Waals surface area contributed by atoms with Crippen LogP contribution in [-0.4, -0.2) is 39.6 Å². The minimum atomic E-state index is -1.12. The summed E-state index contributed by atoms with van der Waals surface area (Å²) in [5.74, 6) is -2.15. The minimum Gasteiger partial charge on any atom is -0.274 e. The third-order valence-corrected chi connectivity index (χ3v) is 4.16. The minimum absolute atomic E-state index is 0.223. The topological polar surface area (TPSA) is 87.7 Å². The smallest absolute Gasteiger partial charge is 0.262 e. The monoisotopic (exact) mass is 321 g/mol. The summed E-state index contributed by atoms with van der Waals surface area (Å²) in [5.41, 5.74) is 0.830. The molecule has 4 amide bonds. The molecule has 24 heavy (non-hydrogen) atoms. The fraction of sp³-hybridized carbons (Fsp3) is 0.118. The standard InChI is InChI=1S/C17H11N3O4/c21-14-8-13(17(24)19(14)10-4-3-7-18-9-10)20-15(22)11-5-1-2-6-12(11)16(20)23/h1-7,9,13H,8H2. The van der Waals surface area contributed by atoms with Crippen LogP contribution in [0, 0.1) is 0 Å². The van der Waals surface area contributed by atoms with E-state index < -0.39 is 29.7 Å². The van der Waals surface area contributed by atoms with E-state index in [0.29, 0.717) is 5.69 Å². The lowest BCUT2D eigenvalue weighted by atomic mass is 10.1. The number of carbonyl (C=O) groups excluding carboxylic acids is 4. The SMILES string of the molecule is O=C1CC(N2C(=O)c3ccccc3C2=O)C(=O)N1c1cccnc1. The van der Waals surface area contributed by atoms with E-state index in [4.69, 9.17) is 0 Å². The van der Waals surface area contributed by atoms with Gasteiger partial charge in [0.1, 0.15) is 6.04 Å². The van der Waals surface area contributed by atoms with E-state index in [9.17, 15) is 19.2 Å². The summed E-state index contributed by atoms with van der Waals surface area (Å²) in [6.07, 6.45) is 2.69. The molecule has 118 valence electrons. The Bertz CT molecular complexity index is 859.